The van der Waals surface area contributed by atoms with Crippen LogP contribution < -0.4 is 9.47 Å². The lowest BCUT2D eigenvalue weighted by molar-refractivity contribution is -0.0229. The predicted molar refractivity (Wildman–Crippen MR) is 93.4 cm³/mol. The number of amides is 1. The summed E-state index contributed by atoms with van der Waals surface area (Å²) in [5.74, 6) is 0.495. The number of para-hydroxylation sites is 1. The topological polar surface area (TPSA) is 48.0 Å². The van der Waals surface area contributed by atoms with Crippen LogP contribution in [0.3, 0.4) is 0 Å². The standard InChI is InChI=1S/C19H17ClFNO4/c20-15-10-12(21)4-5-13(15)17-11-22(6-7-24-17)19(23)14-2-1-3-16-18(14)26-9-8-25-16/h1-5,10,17H,6-9,11H2/t17-/m1/s1. The summed E-state index contributed by atoms with van der Waals surface area (Å²) in [6.07, 6.45) is -0.405. The average Bonchev–Trinajstić information content (AvgIpc) is 2.67. The van der Waals surface area contributed by atoms with E-state index in [1.54, 1.807) is 29.2 Å². The summed E-state index contributed by atoms with van der Waals surface area (Å²) < 4.78 is 30.2. The number of carbonyl (C=O) groups excluding carboxylic acids is 1. The number of benzene rings is 2. The lowest BCUT2D eigenvalue weighted by atomic mass is 10.1. The Kier molecular flexibility index (Phi) is 4.70. The lowest BCUT2D eigenvalue weighted by Gasteiger charge is -2.34. The minimum absolute atomic E-state index is 0.154. The van der Waals surface area contributed by atoms with E-state index in [9.17, 15) is 9.18 Å². The molecule has 2 aliphatic heterocycles. The van der Waals surface area contributed by atoms with Crippen molar-refractivity contribution < 1.29 is 23.4 Å². The normalized spacial score (nSPS) is 19.3. The summed E-state index contributed by atoms with van der Waals surface area (Å²) in [6.45, 7) is 2.03. The van der Waals surface area contributed by atoms with E-state index in [1.165, 1.54) is 12.1 Å². The number of nitrogens with zero attached hydrogens (tertiary/aromatic N) is 1. The SMILES string of the molecule is O=C(c1cccc2c1OCCO2)N1CCO[C@@H](c2ccc(F)cc2Cl)C1. The average molecular weight is 378 g/mol. The van der Waals surface area contributed by atoms with Crippen molar-refractivity contribution in [3.05, 3.63) is 58.4 Å². The van der Waals surface area contributed by atoms with E-state index >= 15 is 0 Å². The molecule has 0 spiro atoms. The minimum Gasteiger partial charge on any atom is -0.486 e. The molecule has 7 heteroatoms. The van der Waals surface area contributed by atoms with Gasteiger partial charge in [-0.15, -0.1) is 0 Å². The van der Waals surface area contributed by atoms with Crippen LogP contribution in [0.1, 0.15) is 22.0 Å². The zero-order valence-corrected chi connectivity index (χ0v) is 14.7. The van der Waals surface area contributed by atoms with Gasteiger partial charge in [0.2, 0.25) is 0 Å². The quantitative estimate of drug-likeness (QED) is 0.804. The van der Waals surface area contributed by atoms with Gasteiger partial charge in [0.05, 0.1) is 18.7 Å². The van der Waals surface area contributed by atoms with Crippen molar-refractivity contribution in [2.24, 2.45) is 0 Å². The second kappa shape index (κ2) is 7.13. The van der Waals surface area contributed by atoms with Crippen LogP contribution in [-0.4, -0.2) is 43.7 Å². The highest BCUT2D eigenvalue weighted by Gasteiger charge is 2.30. The molecular formula is C19H17ClFNO4. The van der Waals surface area contributed by atoms with Crippen molar-refractivity contribution >= 4 is 17.5 Å². The Morgan fingerprint density at radius 1 is 1.15 bits per heavy atom. The molecule has 5 nitrogen and oxygen atoms in total. The van der Waals surface area contributed by atoms with Gasteiger partial charge in [-0.2, -0.15) is 0 Å². The third kappa shape index (κ3) is 3.22. The smallest absolute Gasteiger partial charge is 0.257 e. The first kappa shape index (κ1) is 17.1. The number of carbonyl (C=O) groups is 1. The van der Waals surface area contributed by atoms with E-state index in [0.29, 0.717) is 55.5 Å². The van der Waals surface area contributed by atoms with Crippen LogP contribution >= 0.6 is 11.6 Å². The largest absolute Gasteiger partial charge is 0.486 e. The monoisotopic (exact) mass is 377 g/mol. The van der Waals surface area contributed by atoms with Crippen molar-refractivity contribution in [3.8, 4) is 11.5 Å². The first-order valence-corrected chi connectivity index (χ1v) is 8.76. The molecule has 0 saturated carbocycles. The van der Waals surface area contributed by atoms with Crippen molar-refractivity contribution in [2.75, 3.05) is 32.9 Å². The fourth-order valence-corrected chi connectivity index (χ4v) is 3.49. The second-order valence-corrected chi connectivity index (χ2v) is 6.51. The highest BCUT2D eigenvalue weighted by molar-refractivity contribution is 6.31. The maximum Gasteiger partial charge on any atom is 0.257 e. The van der Waals surface area contributed by atoms with Gasteiger partial charge in [-0.05, 0) is 24.3 Å². The van der Waals surface area contributed by atoms with E-state index in [2.05, 4.69) is 0 Å². The van der Waals surface area contributed by atoms with Crippen LogP contribution in [0.5, 0.6) is 11.5 Å². The van der Waals surface area contributed by atoms with Gasteiger partial charge in [-0.25, -0.2) is 4.39 Å². The third-order valence-corrected chi connectivity index (χ3v) is 4.79. The predicted octanol–water partition coefficient (Wildman–Crippen LogP) is 3.46. The van der Waals surface area contributed by atoms with E-state index in [-0.39, 0.29) is 10.9 Å². The van der Waals surface area contributed by atoms with Crippen LogP contribution in [0.25, 0.3) is 0 Å². The molecule has 1 saturated heterocycles. The fraction of sp³-hybridized carbons (Fsp3) is 0.316. The molecular weight excluding hydrogens is 361 g/mol. The van der Waals surface area contributed by atoms with Gasteiger partial charge in [0.15, 0.2) is 11.5 Å². The first-order valence-electron chi connectivity index (χ1n) is 8.38. The highest BCUT2D eigenvalue weighted by Crippen LogP contribution is 2.35. The van der Waals surface area contributed by atoms with Crippen molar-refractivity contribution in [1.29, 1.82) is 0 Å². The van der Waals surface area contributed by atoms with E-state index in [1.807, 2.05) is 0 Å². The van der Waals surface area contributed by atoms with E-state index in [4.69, 9.17) is 25.8 Å². The summed E-state index contributed by atoms with van der Waals surface area (Å²) in [5, 5.41) is 0.290. The van der Waals surface area contributed by atoms with Crippen LogP contribution in [0.2, 0.25) is 5.02 Å². The van der Waals surface area contributed by atoms with Gasteiger partial charge in [0.25, 0.3) is 5.91 Å². The Labute approximate surface area is 155 Å². The maximum atomic E-state index is 13.3. The highest BCUT2D eigenvalue weighted by atomic mass is 35.5. The number of morpholine rings is 1. The Morgan fingerprint density at radius 3 is 2.85 bits per heavy atom. The van der Waals surface area contributed by atoms with Crippen molar-refractivity contribution in [2.45, 2.75) is 6.10 Å². The molecule has 0 bridgehead atoms. The molecule has 26 heavy (non-hydrogen) atoms. The molecule has 0 aromatic heterocycles. The number of hydrogen-bond acceptors (Lipinski definition) is 4. The molecule has 2 aliphatic rings. The molecule has 0 N–H and O–H groups in total. The van der Waals surface area contributed by atoms with E-state index < -0.39 is 11.9 Å². The molecule has 4 rings (SSSR count). The van der Waals surface area contributed by atoms with E-state index in [0.717, 1.165) is 0 Å². The van der Waals surface area contributed by atoms with Gasteiger partial charge in [0.1, 0.15) is 25.1 Å². The maximum absolute atomic E-state index is 13.3. The molecule has 136 valence electrons. The number of halogens is 2. The van der Waals surface area contributed by atoms with Gasteiger partial charge >= 0.3 is 0 Å². The lowest BCUT2D eigenvalue weighted by Crippen LogP contribution is -2.42. The van der Waals surface area contributed by atoms with Crippen LogP contribution in [0.15, 0.2) is 36.4 Å². The molecule has 0 aliphatic carbocycles. The summed E-state index contributed by atoms with van der Waals surface area (Å²) >= 11 is 6.14. The summed E-state index contributed by atoms with van der Waals surface area (Å²) in [6, 6.07) is 9.47. The number of hydrogen-bond donors (Lipinski definition) is 0. The first-order chi connectivity index (χ1) is 12.6. The summed E-state index contributed by atoms with van der Waals surface area (Å²) in [4.78, 5) is 14.7. The molecule has 2 heterocycles. The molecule has 0 radical (unpaired) electrons. The Balaban J connectivity index is 1.57. The zero-order valence-electron chi connectivity index (χ0n) is 13.9. The number of fused-ring (bicyclic) bond motifs is 1. The Bertz CT molecular complexity index is 844. The van der Waals surface area contributed by atoms with Gasteiger partial charge < -0.3 is 19.1 Å². The summed E-state index contributed by atoms with van der Waals surface area (Å²) in [5.41, 5.74) is 1.13. The van der Waals surface area contributed by atoms with Crippen molar-refractivity contribution in [1.82, 2.24) is 4.90 Å². The zero-order chi connectivity index (χ0) is 18.1. The molecule has 2 aromatic rings. The second-order valence-electron chi connectivity index (χ2n) is 6.11. The van der Waals surface area contributed by atoms with Crippen LogP contribution in [0, 0.1) is 5.82 Å². The molecule has 0 unspecified atom stereocenters. The Morgan fingerprint density at radius 2 is 2.00 bits per heavy atom. The molecule has 2 aromatic carbocycles. The van der Waals surface area contributed by atoms with Crippen LogP contribution in [-0.2, 0) is 4.74 Å². The summed E-state index contributed by atoms with van der Waals surface area (Å²) in [7, 11) is 0. The molecule has 1 fully saturated rings. The Hall–Kier alpha value is -2.31. The number of ether oxygens (including phenoxy) is 3. The van der Waals surface area contributed by atoms with Gasteiger partial charge in [-0.1, -0.05) is 23.7 Å². The van der Waals surface area contributed by atoms with Gasteiger partial charge in [-0.3, -0.25) is 4.79 Å². The van der Waals surface area contributed by atoms with Crippen LogP contribution in [0.4, 0.5) is 4.39 Å². The minimum atomic E-state index is -0.407. The third-order valence-electron chi connectivity index (χ3n) is 4.46. The van der Waals surface area contributed by atoms with Crippen molar-refractivity contribution in [3.63, 3.8) is 0 Å². The molecule has 1 atom stereocenters. The fourth-order valence-electron chi connectivity index (χ4n) is 3.20. The van der Waals surface area contributed by atoms with Gasteiger partial charge in [0, 0.05) is 17.1 Å². The number of rotatable bonds is 2. The molecule has 1 amide bonds.